The molecular formula is C63H39N3O. The van der Waals surface area contributed by atoms with Crippen LogP contribution >= 0.6 is 0 Å². The van der Waals surface area contributed by atoms with Crippen molar-refractivity contribution in [3.63, 3.8) is 0 Å². The van der Waals surface area contributed by atoms with Crippen LogP contribution in [0.5, 0.6) is 0 Å². The van der Waals surface area contributed by atoms with Crippen molar-refractivity contribution in [1.82, 2.24) is 15.0 Å². The van der Waals surface area contributed by atoms with Gasteiger partial charge in [0.2, 0.25) is 0 Å². The lowest BCUT2D eigenvalue weighted by Gasteiger charge is -2.13. The molecule has 0 fully saturated rings. The van der Waals surface area contributed by atoms with Crippen LogP contribution in [0.15, 0.2) is 241 Å². The summed E-state index contributed by atoms with van der Waals surface area (Å²) < 4.78 is 6.85. The maximum Gasteiger partial charge on any atom is 0.164 e. The fourth-order valence-corrected chi connectivity index (χ4v) is 9.80. The molecule has 67 heavy (non-hydrogen) atoms. The van der Waals surface area contributed by atoms with E-state index in [0.717, 1.165) is 77.2 Å². The monoisotopic (exact) mass is 853 g/mol. The Bertz CT molecular complexity index is 4020. The smallest absolute Gasteiger partial charge is 0.164 e. The number of furan rings is 1. The molecule has 4 heteroatoms. The van der Waals surface area contributed by atoms with E-state index in [2.05, 4.69) is 218 Å². The van der Waals surface area contributed by atoms with Crippen LogP contribution < -0.4 is 0 Å². The SMILES string of the molecule is c1ccc(-c2nc(-c3ccc(-c4ccc5ccccc5c4)cc3)nc(-c3cc(-c4cccc5oc6c(-c7ccc(-c8cccc9ccccc89)cc7)cccc6c45)c4ccccc4c3)n2)cc1. The van der Waals surface area contributed by atoms with Gasteiger partial charge in [0.25, 0.3) is 0 Å². The highest BCUT2D eigenvalue weighted by atomic mass is 16.3. The molecule has 0 bridgehead atoms. The van der Waals surface area contributed by atoms with E-state index < -0.39 is 0 Å². The van der Waals surface area contributed by atoms with Crippen LogP contribution in [-0.4, -0.2) is 15.0 Å². The number of rotatable bonds is 7. The number of benzene rings is 11. The van der Waals surface area contributed by atoms with Crippen molar-refractivity contribution >= 4 is 54.3 Å². The summed E-state index contributed by atoms with van der Waals surface area (Å²) in [4.78, 5) is 15.5. The maximum absolute atomic E-state index is 6.85. The third-order valence-electron chi connectivity index (χ3n) is 13.1. The largest absolute Gasteiger partial charge is 0.455 e. The van der Waals surface area contributed by atoms with Crippen LogP contribution in [0.25, 0.3) is 133 Å². The van der Waals surface area contributed by atoms with Crippen molar-refractivity contribution in [2.45, 2.75) is 0 Å². The molecule has 0 aliphatic carbocycles. The second-order valence-corrected chi connectivity index (χ2v) is 17.1. The number of para-hydroxylation sites is 1. The maximum atomic E-state index is 6.85. The second kappa shape index (κ2) is 15.9. The molecule has 0 unspecified atom stereocenters. The summed E-state index contributed by atoms with van der Waals surface area (Å²) in [6.45, 7) is 0. The standard InChI is InChI=1S/C63H39N3O/c1-2-15-45(16-3-1)61-64-62(46-34-27-41(28-35-46)48-36-29-40-13-4-5-17-47(40)37-48)66-63(65-61)50-38-49-18-7-9-21-53(49)57(39-50)55-24-12-26-58-59(55)56-25-11-23-54(60(56)67-58)44-32-30-43(31-33-44)52-22-10-19-42-14-6-8-20-51(42)52/h1-39H. The highest BCUT2D eigenvalue weighted by Crippen LogP contribution is 2.44. The van der Waals surface area contributed by atoms with E-state index in [-0.39, 0.29) is 0 Å². The molecule has 0 amide bonds. The summed E-state index contributed by atoms with van der Waals surface area (Å²) >= 11 is 0. The molecule has 0 atom stereocenters. The van der Waals surface area contributed by atoms with Gasteiger partial charge in [0.15, 0.2) is 17.5 Å². The Hall–Kier alpha value is -8.99. The predicted molar refractivity (Wildman–Crippen MR) is 278 cm³/mol. The molecule has 11 aromatic carbocycles. The van der Waals surface area contributed by atoms with E-state index in [0.29, 0.717) is 17.5 Å². The zero-order chi connectivity index (χ0) is 44.3. The fourth-order valence-electron chi connectivity index (χ4n) is 9.80. The van der Waals surface area contributed by atoms with Gasteiger partial charge in [-0.2, -0.15) is 0 Å². The molecule has 13 rings (SSSR count). The first-order chi connectivity index (χ1) is 33.2. The molecule has 0 aliphatic heterocycles. The molecule has 2 heterocycles. The van der Waals surface area contributed by atoms with Crippen molar-refractivity contribution < 1.29 is 4.42 Å². The Labute approximate surface area is 387 Å². The van der Waals surface area contributed by atoms with Gasteiger partial charge >= 0.3 is 0 Å². The average molecular weight is 854 g/mol. The molecule has 0 N–H and O–H groups in total. The van der Waals surface area contributed by atoms with Crippen molar-refractivity contribution in [3.8, 4) is 78.7 Å². The van der Waals surface area contributed by atoms with Gasteiger partial charge in [-0.25, -0.2) is 15.0 Å². The zero-order valence-corrected chi connectivity index (χ0v) is 36.3. The van der Waals surface area contributed by atoms with Gasteiger partial charge in [-0.3, -0.25) is 0 Å². The second-order valence-electron chi connectivity index (χ2n) is 17.1. The summed E-state index contributed by atoms with van der Waals surface area (Å²) in [7, 11) is 0. The molecule has 0 radical (unpaired) electrons. The lowest BCUT2D eigenvalue weighted by molar-refractivity contribution is 0.670. The molecule has 4 nitrogen and oxygen atoms in total. The highest BCUT2D eigenvalue weighted by Gasteiger charge is 2.20. The van der Waals surface area contributed by atoms with Crippen LogP contribution in [0.2, 0.25) is 0 Å². The summed E-state index contributed by atoms with van der Waals surface area (Å²) in [5.74, 6) is 1.84. The molecule has 13 aromatic rings. The van der Waals surface area contributed by atoms with Gasteiger partial charge in [0, 0.05) is 33.0 Å². The number of hydrogen-bond acceptors (Lipinski definition) is 4. The lowest BCUT2D eigenvalue weighted by atomic mass is 9.92. The van der Waals surface area contributed by atoms with Crippen LogP contribution in [-0.2, 0) is 0 Å². The van der Waals surface area contributed by atoms with E-state index in [1.807, 2.05) is 18.2 Å². The number of nitrogens with zero attached hydrogens (tertiary/aromatic N) is 3. The van der Waals surface area contributed by atoms with Crippen LogP contribution in [0, 0.1) is 0 Å². The Morgan fingerprint density at radius 3 is 1.52 bits per heavy atom. The highest BCUT2D eigenvalue weighted by molar-refractivity contribution is 6.18. The minimum absolute atomic E-state index is 0.605. The van der Waals surface area contributed by atoms with E-state index in [1.165, 1.54) is 38.2 Å². The zero-order valence-electron chi connectivity index (χ0n) is 36.3. The topological polar surface area (TPSA) is 51.8 Å². The van der Waals surface area contributed by atoms with Crippen molar-refractivity contribution in [2.24, 2.45) is 0 Å². The minimum Gasteiger partial charge on any atom is -0.455 e. The van der Waals surface area contributed by atoms with Gasteiger partial charge in [0.1, 0.15) is 11.2 Å². The fraction of sp³-hybridized carbons (Fsp3) is 0. The molecule has 0 spiro atoms. The van der Waals surface area contributed by atoms with Gasteiger partial charge in [-0.1, -0.05) is 212 Å². The van der Waals surface area contributed by atoms with Gasteiger partial charge in [-0.15, -0.1) is 0 Å². The third kappa shape index (κ3) is 6.82. The van der Waals surface area contributed by atoms with Crippen LogP contribution in [0.4, 0.5) is 0 Å². The van der Waals surface area contributed by atoms with Crippen LogP contribution in [0.3, 0.4) is 0 Å². The molecule has 0 saturated carbocycles. The molecule has 2 aromatic heterocycles. The first kappa shape index (κ1) is 38.5. The van der Waals surface area contributed by atoms with E-state index in [4.69, 9.17) is 19.4 Å². The molecule has 0 saturated heterocycles. The quantitative estimate of drug-likeness (QED) is 0.160. The number of aromatic nitrogens is 3. The normalized spacial score (nSPS) is 11.6. The van der Waals surface area contributed by atoms with Crippen molar-refractivity contribution in [3.05, 3.63) is 237 Å². The van der Waals surface area contributed by atoms with Gasteiger partial charge in [-0.05, 0) is 95.5 Å². The predicted octanol–water partition coefficient (Wildman–Crippen LogP) is 16.9. The Kier molecular flexibility index (Phi) is 9.14. The van der Waals surface area contributed by atoms with E-state index in [9.17, 15) is 0 Å². The summed E-state index contributed by atoms with van der Waals surface area (Å²) in [6.07, 6.45) is 0. The van der Waals surface area contributed by atoms with E-state index >= 15 is 0 Å². The van der Waals surface area contributed by atoms with Gasteiger partial charge in [0.05, 0.1) is 0 Å². The lowest BCUT2D eigenvalue weighted by Crippen LogP contribution is -2.00. The van der Waals surface area contributed by atoms with Crippen molar-refractivity contribution in [2.75, 3.05) is 0 Å². The summed E-state index contributed by atoms with van der Waals surface area (Å²) in [6, 6.07) is 83.6. The number of hydrogen-bond donors (Lipinski definition) is 0. The number of fused-ring (bicyclic) bond motifs is 6. The average Bonchev–Trinajstić information content (AvgIpc) is 3.80. The van der Waals surface area contributed by atoms with Crippen LogP contribution in [0.1, 0.15) is 0 Å². The minimum atomic E-state index is 0.605. The van der Waals surface area contributed by atoms with Crippen molar-refractivity contribution in [1.29, 1.82) is 0 Å². The summed E-state index contributed by atoms with van der Waals surface area (Å²) in [5.41, 5.74) is 13.5. The first-order valence-corrected chi connectivity index (χ1v) is 22.7. The Morgan fingerprint density at radius 1 is 0.254 bits per heavy atom. The Balaban J connectivity index is 0.928. The molecular weight excluding hydrogens is 815 g/mol. The first-order valence-electron chi connectivity index (χ1n) is 22.7. The van der Waals surface area contributed by atoms with E-state index in [1.54, 1.807) is 0 Å². The Morgan fingerprint density at radius 2 is 0.746 bits per heavy atom. The molecule has 0 aliphatic rings. The third-order valence-corrected chi connectivity index (χ3v) is 13.1. The van der Waals surface area contributed by atoms with Gasteiger partial charge < -0.3 is 4.42 Å². The summed E-state index contributed by atoms with van der Waals surface area (Å²) in [5, 5.41) is 9.29. The molecule has 312 valence electrons.